The van der Waals surface area contributed by atoms with Crippen LogP contribution in [0, 0.1) is 0 Å². The number of aryl methyl sites for hydroxylation is 1. The van der Waals surface area contributed by atoms with Gasteiger partial charge < -0.3 is 0 Å². The molecule has 0 saturated heterocycles. The van der Waals surface area contributed by atoms with E-state index in [1.165, 1.54) is 0 Å². The molecule has 0 aliphatic carbocycles. The lowest BCUT2D eigenvalue weighted by Crippen LogP contribution is -2.11. The van der Waals surface area contributed by atoms with Crippen molar-refractivity contribution in [3.05, 3.63) is 30.1 Å². The Labute approximate surface area is 91.5 Å². The van der Waals surface area contributed by atoms with E-state index in [9.17, 15) is 18.0 Å². The molecule has 5 heteroatoms. The van der Waals surface area contributed by atoms with Crippen molar-refractivity contribution in [2.24, 2.45) is 0 Å². The maximum Gasteiger partial charge on any atom is 0.389 e. The van der Waals surface area contributed by atoms with Gasteiger partial charge in [-0.15, -0.1) is 0 Å². The fraction of sp³-hybridized carbons (Fsp3) is 0.455. The Morgan fingerprint density at radius 3 is 2.62 bits per heavy atom. The maximum absolute atomic E-state index is 11.8. The number of hydrogen-bond donors (Lipinski definition) is 0. The van der Waals surface area contributed by atoms with Crippen LogP contribution < -0.4 is 0 Å². The van der Waals surface area contributed by atoms with E-state index in [-0.39, 0.29) is 12.2 Å². The summed E-state index contributed by atoms with van der Waals surface area (Å²) >= 11 is 0. The molecule has 0 amide bonds. The Hall–Kier alpha value is -1.39. The van der Waals surface area contributed by atoms with E-state index in [1.54, 1.807) is 24.5 Å². The second-order valence-electron chi connectivity index (χ2n) is 3.52. The summed E-state index contributed by atoms with van der Waals surface area (Å²) in [5.74, 6) is -0.360. The standard InChI is InChI=1S/C11H12F3NO/c12-11(13,14)6-5-10(16)4-3-9-2-1-7-15-8-9/h1-2,7-8H,3-6H2. The van der Waals surface area contributed by atoms with Crippen LogP contribution in [0.3, 0.4) is 0 Å². The molecule has 0 saturated carbocycles. The van der Waals surface area contributed by atoms with Crippen molar-refractivity contribution in [2.45, 2.75) is 31.9 Å². The molecule has 0 atom stereocenters. The number of nitrogens with zero attached hydrogens (tertiary/aromatic N) is 1. The van der Waals surface area contributed by atoms with Gasteiger partial charge in [0.2, 0.25) is 0 Å². The van der Waals surface area contributed by atoms with Crippen molar-refractivity contribution >= 4 is 5.78 Å². The number of carbonyl (C=O) groups excluding carboxylic acids is 1. The minimum atomic E-state index is -4.25. The molecule has 0 fully saturated rings. The van der Waals surface area contributed by atoms with Crippen molar-refractivity contribution in [3.8, 4) is 0 Å². The molecular weight excluding hydrogens is 219 g/mol. The van der Waals surface area contributed by atoms with Crippen molar-refractivity contribution < 1.29 is 18.0 Å². The summed E-state index contributed by atoms with van der Waals surface area (Å²) in [6.07, 6.45) is -1.90. The molecule has 2 nitrogen and oxygen atoms in total. The predicted molar refractivity (Wildman–Crippen MR) is 52.9 cm³/mol. The Bertz CT molecular complexity index is 335. The number of aromatic nitrogens is 1. The van der Waals surface area contributed by atoms with E-state index in [0.717, 1.165) is 5.56 Å². The monoisotopic (exact) mass is 231 g/mol. The van der Waals surface area contributed by atoms with Crippen molar-refractivity contribution in [2.75, 3.05) is 0 Å². The number of carbonyl (C=O) groups is 1. The molecule has 0 radical (unpaired) electrons. The molecule has 0 aromatic carbocycles. The molecule has 16 heavy (non-hydrogen) atoms. The van der Waals surface area contributed by atoms with E-state index in [0.29, 0.717) is 6.42 Å². The number of ketones is 1. The SMILES string of the molecule is O=C(CCc1cccnc1)CCC(F)(F)F. The second-order valence-corrected chi connectivity index (χ2v) is 3.52. The molecule has 0 spiro atoms. The zero-order chi connectivity index (χ0) is 12.0. The first kappa shape index (κ1) is 12.7. The summed E-state index contributed by atoms with van der Waals surface area (Å²) in [5, 5.41) is 0. The van der Waals surface area contributed by atoms with Gasteiger partial charge in [0.15, 0.2) is 0 Å². The Morgan fingerprint density at radius 2 is 2.06 bits per heavy atom. The normalized spacial score (nSPS) is 11.4. The van der Waals surface area contributed by atoms with Crippen molar-refractivity contribution in [1.82, 2.24) is 4.98 Å². The van der Waals surface area contributed by atoms with Gasteiger partial charge in [0.1, 0.15) is 5.78 Å². The first-order chi connectivity index (χ1) is 7.47. The first-order valence-electron chi connectivity index (χ1n) is 4.95. The van der Waals surface area contributed by atoms with Gasteiger partial charge in [0, 0.05) is 25.2 Å². The number of alkyl halides is 3. The molecular formula is C11H12F3NO. The van der Waals surface area contributed by atoms with Gasteiger partial charge in [0.05, 0.1) is 6.42 Å². The van der Waals surface area contributed by atoms with Gasteiger partial charge in [-0.05, 0) is 18.1 Å². The average Bonchev–Trinajstić information content (AvgIpc) is 2.24. The van der Waals surface area contributed by atoms with Crippen LogP contribution in [0.1, 0.15) is 24.8 Å². The van der Waals surface area contributed by atoms with Crippen LogP contribution in [0.4, 0.5) is 13.2 Å². The number of halogens is 3. The second kappa shape index (κ2) is 5.63. The zero-order valence-electron chi connectivity index (χ0n) is 8.63. The minimum absolute atomic E-state index is 0.141. The quantitative estimate of drug-likeness (QED) is 0.779. The largest absolute Gasteiger partial charge is 0.389 e. The number of rotatable bonds is 5. The molecule has 1 rings (SSSR count). The van der Waals surface area contributed by atoms with Crippen LogP contribution in [-0.2, 0) is 11.2 Å². The summed E-state index contributed by atoms with van der Waals surface area (Å²) in [4.78, 5) is 15.0. The van der Waals surface area contributed by atoms with Crippen molar-refractivity contribution in [3.63, 3.8) is 0 Å². The predicted octanol–water partition coefficient (Wildman–Crippen LogP) is 2.93. The molecule has 0 aliphatic heterocycles. The van der Waals surface area contributed by atoms with Crippen LogP contribution in [0.5, 0.6) is 0 Å². The number of Topliss-reactive ketones (excluding diaryl/α,β-unsaturated/α-hetero) is 1. The highest BCUT2D eigenvalue weighted by Crippen LogP contribution is 2.21. The zero-order valence-corrected chi connectivity index (χ0v) is 8.63. The maximum atomic E-state index is 11.8. The Kier molecular flexibility index (Phi) is 4.46. The lowest BCUT2D eigenvalue weighted by molar-refractivity contribution is -0.143. The summed E-state index contributed by atoms with van der Waals surface area (Å²) in [5.41, 5.74) is 0.864. The average molecular weight is 231 g/mol. The molecule has 0 N–H and O–H groups in total. The van der Waals surface area contributed by atoms with Gasteiger partial charge in [-0.2, -0.15) is 13.2 Å². The van der Waals surface area contributed by atoms with E-state index in [4.69, 9.17) is 0 Å². The van der Waals surface area contributed by atoms with E-state index in [2.05, 4.69) is 4.98 Å². The molecule has 0 bridgehead atoms. The van der Waals surface area contributed by atoms with Crippen LogP contribution in [0.2, 0.25) is 0 Å². The summed E-state index contributed by atoms with van der Waals surface area (Å²) in [6.45, 7) is 0. The minimum Gasteiger partial charge on any atom is -0.300 e. The summed E-state index contributed by atoms with van der Waals surface area (Å²) in [6, 6.07) is 3.53. The van der Waals surface area contributed by atoms with Crippen LogP contribution in [-0.4, -0.2) is 16.9 Å². The highest BCUT2D eigenvalue weighted by atomic mass is 19.4. The molecule has 1 aromatic rings. The summed E-state index contributed by atoms with van der Waals surface area (Å²) < 4.78 is 35.5. The topological polar surface area (TPSA) is 30.0 Å². The number of hydrogen-bond acceptors (Lipinski definition) is 2. The third-order valence-electron chi connectivity index (χ3n) is 2.10. The molecule has 0 aliphatic rings. The lowest BCUT2D eigenvalue weighted by atomic mass is 10.1. The molecule has 88 valence electrons. The van der Waals surface area contributed by atoms with Crippen LogP contribution >= 0.6 is 0 Å². The fourth-order valence-electron chi connectivity index (χ4n) is 1.24. The fourth-order valence-corrected chi connectivity index (χ4v) is 1.24. The van der Waals surface area contributed by atoms with Gasteiger partial charge >= 0.3 is 6.18 Å². The number of pyridine rings is 1. The lowest BCUT2D eigenvalue weighted by Gasteiger charge is -2.05. The van der Waals surface area contributed by atoms with Crippen LogP contribution in [0.15, 0.2) is 24.5 Å². The Morgan fingerprint density at radius 1 is 1.31 bits per heavy atom. The smallest absolute Gasteiger partial charge is 0.300 e. The third kappa shape index (κ3) is 5.48. The molecule has 1 heterocycles. The molecule has 1 aromatic heterocycles. The highest BCUT2D eigenvalue weighted by molar-refractivity contribution is 5.78. The van der Waals surface area contributed by atoms with Gasteiger partial charge in [-0.25, -0.2) is 0 Å². The van der Waals surface area contributed by atoms with E-state index >= 15 is 0 Å². The summed E-state index contributed by atoms with van der Waals surface area (Å²) in [7, 11) is 0. The van der Waals surface area contributed by atoms with Gasteiger partial charge in [0.25, 0.3) is 0 Å². The van der Waals surface area contributed by atoms with E-state index in [1.807, 2.05) is 0 Å². The highest BCUT2D eigenvalue weighted by Gasteiger charge is 2.27. The Balaban J connectivity index is 2.26. The van der Waals surface area contributed by atoms with Gasteiger partial charge in [-0.3, -0.25) is 9.78 Å². The molecule has 0 unspecified atom stereocenters. The van der Waals surface area contributed by atoms with Crippen LogP contribution in [0.25, 0.3) is 0 Å². The first-order valence-corrected chi connectivity index (χ1v) is 4.95. The van der Waals surface area contributed by atoms with Gasteiger partial charge in [-0.1, -0.05) is 6.07 Å². The third-order valence-corrected chi connectivity index (χ3v) is 2.10. The van der Waals surface area contributed by atoms with Crippen molar-refractivity contribution in [1.29, 1.82) is 0 Å². The van der Waals surface area contributed by atoms with E-state index < -0.39 is 19.0 Å².